The molecule has 0 radical (unpaired) electrons. The maximum Gasteiger partial charge on any atom is 0.262 e. The minimum Gasteiger partial charge on any atom is -0.493 e. The van der Waals surface area contributed by atoms with Crippen molar-refractivity contribution in [3.8, 4) is 11.5 Å². The zero-order valence-electron chi connectivity index (χ0n) is 16.1. The molecule has 0 fully saturated rings. The Kier molecular flexibility index (Phi) is 5.63. The third-order valence-electron chi connectivity index (χ3n) is 4.73. The molecule has 0 aromatic heterocycles. The molecule has 7 nitrogen and oxygen atoms in total. The average molecular weight is 382 g/mol. The number of methoxy groups -OCH3 is 2. The molecule has 7 heteroatoms. The second-order valence-electron chi connectivity index (χ2n) is 6.34. The Balaban J connectivity index is 1.73. The van der Waals surface area contributed by atoms with Crippen LogP contribution in [0.3, 0.4) is 0 Å². The van der Waals surface area contributed by atoms with Crippen molar-refractivity contribution in [2.24, 2.45) is 0 Å². The summed E-state index contributed by atoms with van der Waals surface area (Å²) in [5.41, 5.74) is 1.53. The van der Waals surface area contributed by atoms with Crippen molar-refractivity contribution in [2.75, 3.05) is 27.3 Å². The van der Waals surface area contributed by atoms with E-state index in [1.807, 2.05) is 13.0 Å². The minimum absolute atomic E-state index is 0.284. The Morgan fingerprint density at radius 1 is 0.964 bits per heavy atom. The zero-order valence-corrected chi connectivity index (χ0v) is 16.1. The quantitative estimate of drug-likeness (QED) is 0.687. The number of nitrogens with zero attached hydrogens (tertiary/aromatic N) is 2. The first-order valence-corrected chi connectivity index (χ1v) is 8.94. The van der Waals surface area contributed by atoms with E-state index in [0.717, 1.165) is 10.5 Å². The molecule has 0 aliphatic carbocycles. The fraction of sp³-hybridized carbons (Fsp3) is 0.286. The van der Waals surface area contributed by atoms with Gasteiger partial charge in [0.25, 0.3) is 11.8 Å². The monoisotopic (exact) mass is 382 g/mol. The molecule has 0 unspecified atom stereocenters. The van der Waals surface area contributed by atoms with Crippen molar-refractivity contribution in [3.63, 3.8) is 0 Å². The van der Waals surface area contributed by atoms with Crippen LogP contribution in [0, 0.1) is 0 Å². The Hall–Kier alpha value is -3.35. The fourth-order valence-corrected chi connectivity index (χ4v) is 3.19. The van der Waals surface area contributed by atoms with Gasteiger partial charge in [0.15, 0.2) is 11.5 Å². The predicted octanol–water partition coefficient (Wildman–Crippen LogP) is 2.35. The predicted molar refractivity (Wildman–Crippen MR) is 102 cm³/mol. The van der Waals surface area contributed by atoms with Crippen molar-refractivity contribution < 1.29 is 23.9 Å². The first-order chi connectivity index (χ1) is 13.5. The molecule has 0 atom stereocenters. The zero-order chi connectivity index (χ0) is 20.3. The van der Waals surface area contributed by atoms with Gasteiger partial charge < -0.3 is 14.4 Å². The summed E-state index contributed by atoms with van der Waals surface area (Å²) in [6.45, 7) is 2.34. The van der Waals surface area contributed by atoms with Gasteiger partial charge in [-0.25, -0.2) is 0 Å². The topological polar surface area (TPSA) is 76.2 Å². The number of ether oxygens (including phenoxy) is 2. The van der Waals surface area contributed by atoms with E-state index in [1.165, 1.54) is 0 Å². The van der Waals surface area contributed by atoms with Crippen LogP contribution >= 0.6 is 0 Å². The van der Waals surface area contributed by atoms with Gasteiger partial charge in [-0.15, -0.1) is 0 Å². The third kappa shape index (κ3) is 3.55. The molecule has 28 heavy (non-hydrogen) atoms. The number of hydrogen-bond acceptors (Lipinski definition) is 5. The normalized spacial score (nSPS) is 12.8. The van der Waals surface area contributed by atoms with Crippen LogP contribution in [0.4, 0.5) is 0 Å². The van der Waals surface area contributed by atoms with Crippen LogP contribution in [0.1, 0.15) is 33.2 Å². The first kappa shape index (κ1) is 19.4. The summed E-state index contributed by atoms with van der Waals surface area (Å²) in [5, 5.41) is 0. The van der Waals surface area contributed by atoms with Crippen LogP contribution in [0.5, 0.6) is 11.5 Å². The highest BCUT2D eigenvalue weighted by atomic mass is 16.5. The van der Waals surface area contributed by atoms with Crippen molar-refractivity contribution in [1.29, 1.82) is 0 Å². The maximum absolute atomic E-state index is 12.8. The molecule has 1 aliphatic rings. The molecule has 2 aromatic carbocycles. The Bertz CT molecular complexity index is 890. The van der Waals surface area contributed by atoms with E-state index in [-0.39, 0.29) is 12.5 Å². The van der Waals surface area contributed by atoms with Gasteiger partial charge in [0.2, 0.25) is 5.91 Å². The third-order valence-corrected chi connectivity index (χ3v) is 4.73. The summed E-state index contributed by atoms with van der Waals surface area (Å²) < 4.78 is 10.5. The van der Waals surface area contributed by atoms with E-state index < -0.39 is 11.8 Å². The molecule has 0 N–H and O–H groups in total. The number of imide groups is 1. The van der Waals surface area contributed by atoms with Crippen LogP contribution in [-0.2, 0) is 11.3 Å². The highest BCUT2D eigenvalue weighted by molar-refractivity contribution is 6.22. The molecular formula is C21H22N2O5. The van der Waals surface area contributed by atoms with Gasteiger partial charge in [-0.2, -0.15) is 0 Å². The molecule has 2 aromatic rings. The maximum atomic E-state index is 12.8. The van der Waals surface area contributed by atoms with E-state index in [4.69, 9.17) is 9.47 Å². The highest BCUT2D eigenvalue weighted by Gasteiger charge is 2.36. The lowest BCUT2D eigenvalue weighted by atomic mass is 10.1. The molecule has 0 bridgehead atoms. The van der Waals surface area contributed by atoms with Gasteiger partial charge in [-0.3, -0.25) is 19.3 Å². The summed E-state index contributed by atoms with van der Waals surface area (Å²) in [6, 6.07) is 12.0. The van der Waals surface area contributed by atoms with Crippen molar-refractivity contribution in [1.82, 2.24) is 9.80 Å². The molecular weight excluding hydrogens is 360 g/mol. The second kappa shape index (κ2) is 8.12. The minimum atomic E-state index is -0.434. The smallest absolute Gasteiger partial charge is 0.262 e. The van der Waals surface area contributed by atoms with E-state index in [0.29, 0.717) is 35.7 Å². The van der Waals surface area contributed by atoms with Gasteiger partial charge in [-0.1, -0.05) is 18.2 Å². The number of rotatable bonds is 7. The fourth-order valence-electron chi connectivity index (χ4n) is 3.19. The van der Waals surface area contributed by atoms with E-state index >= 15 is 0 Å². The van der Waals surface area contributed by atoms with Crippen molar-refractivity contribution in [2.45, 2.75) is 13.5 Å². The number of amides is 3. The number of carbonyl (C=O) groups is 3. The van der Waals surface area contributed by atoms with Gasteiger partial charge in [-0.05, 0) is 36.8 Å². The van der Waals surface area contributed by atoms with E-state index in [9.17, 15) is 14.4 Å². The van der Waals surface area contributed by atoms with Crippen LogP contribution < -0.4 is 9.47 Å². The molecule has 3 rings (SSSR count). The molecule has 0 spiro atoms. The molecule has 0 saturated heterocycles. The number of hydrogen-bond donors (Lipinski definition) is 0. The van der Waals surface area contributed by atoms with Gasteiger partial charge in [0.1, 0.15) is 6.54 Å². The van der Waals surface area contributed by atoms with Gasteiger partial charge in [0, 0.05) is 13.1 Å². The number of likely N-dealkylation sites (N-methyl/N-ethyl adjacent to an activating group) is 1. The summed E-state index contributed by atoms with van der Waals surface area (Å²) in [5.74, 6) is 0.00882. The lowest BCUT2D eigenvalue weighted by molar-refractivity contribution is -0.131. The number of fused-ring (bicyclic) bond motifs is 1. The van der Waals surface area contributed by atoms with Crippen molar-refractivity contribution >= 4 is 17.7 Å². The number of carbonyl (C=O) groups excluding carboxylic acids is 3. The number of benzene rings is 2. The molecule has 146 valence electrons. The van der Waals surface area contributed by atoms with Gasteiger partial charge in [0.05, 0.1) is 25.3 Å². The average Bonchev–Trinajstić information content (AvgIpc) is 2.96. The van der Waals surface area contributed by atoms with Gasteiger partial charge >= 0.3 is 0 Å². The van der Waals surface area contributed by atoms with Crippen LogP contribution in [0.15, 0.2) is 42.5 Å². The Morgan fingerprint density at radius 3 is 2.11 bits per heavy atom. The van der Waals surface area contributed by atoms with Crippen molar-refractivity contribution in [3.05, 3.63) is 59.2 Å². The summed E-state index contributed by atoms with van der Waals surface area (Å²) in [6.07, 6.45) is 0. The molecule has 1 heterocycles. The Morgan fingerprint density at radius 2 is 1.57 bits per heavy atom. The first-order valence-electron chi connectivity index (χ1n) is 8.94. The van der Waals surface area contributed by atoms with E-state index in [1.54, 1.807) is 55.5 Å². The molecule has 3 amide bonds. The van der Waals surface area contributed by atoms with E-state index in [2.05, 4.69) is 0 Å². The standard InChI is InChI=1S/C21H22N2O5/c1-4-22(12-14-9-10-17(27-2)18(11-14)28-3)19(24)13-23-20(25)15-7-5-6-8-16(15)21(23)26/h5-11H,4,12-13H2,1-3H3. The summed E-state index contributed by atoms with van der Waals surface area (Å²) in [7, 11) is 3.11. The van der Waals surface area contributed by atoms with Crippen LogP contribution in [0.25, 0.3) is 0 Å². The summed E-state index contributed by atoms with van der Waals surface area (Å²) in [4.78, 5) is 40.3. The lowest BCUT2D eigenvalue weighted by Crippen LogP contribution is -2.42. The lowest BCUT2D eigenvalue weighted by Gasteiger charge is -2.24. The van der Waals surface area contributed by atoms with Crippen LogP contribution in [-0.4, -0.2) is 54.8 Å². The summed E-state index contributed by atoms with van der Waals surface area (Å²) >= 11 is 0. The Labute approximate surface area is 163 Å². The largest absolute Gasteiger partial charge is 0.493 e. The SMILES string of the molecule is CCN(Cc1ccc(OC)c(OC)c1)C(=O)CN1C(=O)c2ccccc2C1=O. The molecule has 1 aliphatic heterocycles. The van der Waals surface area contributed by atoms with Crippen LogP contribution in [0.2, 0.25) is 0 Å². The second-order valence-corrected chi connectivity index (χ2v) is 6.34. The highest BCUT2D eigenvalue weighted by Crippen LogP contribution is 2.28. The molecule has 0 saturated carbocycles.